The topological polar surface area (TPSA) is 40.5 Å². The van der Waals surface area contributed by atoms with Gasteiger partial charge < -0.3 is 10.0 Å². The van der Waals surface area contributed by atoms with Gasteiger partial charge in [0, 0.05) is 13.6 Å². The average molecular weight is 263 g/mol. The van der Waals surface area contributed by atoms with Crippen molar-refractivity contribution < 1.29 is 9.90 Å². The molecule has 0 bridgehead atoms. The summed E-state index contributed by atoms with van der Waals surface area (Å²) in [5, 5.41) is 9.16. The molecule has 0 aliphatic heterocycles. The predicted octanol–water partition coefficient (Wildman–Crippen LogP) is 2.32. The van der Waals surface area contributed by atoms with Crippen molar-refractivity contribution in [2.24, 2.45) is 5.92 Å². The van der Waals surface area contributed by atoms with Crippen molar-refractivity contribution in [1.82, 2.24) is 4.90 Å². The van der Waals surface area contributed by atoms with Crippen molar-refractivity contribution in [3.8, 4) is 0 Å². The summed E-state index contributed by atoms with van der Waals surface area (Å²) in [4.78, 5) is 13.8. The highest BCUT2D eigenvalue weighted by Crippen LogP contribution is 2.13. The zero-order valence-electron chi connectivity index (χ0n) is 12.4. The molecular formula is C16H25NO2. The molecule has 1 atom stereocenters. The normalized spacial score (nSPS) is 12.3. The quantitative estimate of drug-likeness (QED) is 0.855. The van der Waals surface area contributed by atoms with Crippen molar-refractivity contribution in [3.05, 3.63) is 34.9 Å². The van der Waals surface area contributed by atoms with Crippen molar-refractivity contribution >= 4 is 5.91 Å². The van der Waals surface area contributed by atoms with E-state index in [1.54, 1.807) is 4.90 Å². The third kappa shape index (κ3) is 4.35. The average Bonchev–Trinajstić information content (AvgIpc) is 2.40. The molecule has 1 rings (SSSR count). The third-order valence-corrected chi connectivity index (χ3v) is 3.66. The molecule has 1 N–H and O–H groups in total. The molecular weight excluding hydrogens is 238 g/mol. The predicted molar refractivity (Wildman–Crippen MR) is 78.1 cm³/mol. The summed E-state index contributed by atoms with van der Waals surface area (Å²) in [6, 6.07) is 6.40. The summed E-state index contributed by atoms with van der Waals surface area (Å²) in [6.45, 7) is 6.73. The number of likely N-dealkylation sites (N-methyl/N-ethyl adjacent to an activating group) is 1. The molecule has 1 amide bonds. The lowest BCUT2D eigenvalue weighted by atomic mass is 10.0. The molecule has 0 fully saturated rings. The molecule has 3 nitrogen and oxygen atoms in total. The van der Waals surface area contributed by atoms with Crippen LogP contribution in [0.4, 0.5) is 0 Å². The Kier molecular flexibility index (Phi) is 6.03. The van der Waals surface area contributed by atoms with Gasteiger partial charge in [-0.2, -0.15) is 0 Å². The lowest BCUT2D eigenvalue weighted by molar-refractivity contribution is -0.135. The molecule has 0 saturated heterocycles. The third-order valence-electron chi connectivity index (χ3n) is 3.66. The summed E-state index contributed by atoms with van der Waals surface area (Å²) in [7, 11) is 1.81. The van der Waals surface area contributed by atoms with E-state index in [1.807, 2.05) is 14.0 Å². The van der Waals surface area contributed by atoms with E-state index in [0.29, 0.717) is 13.0 Å². The Morgan fingerprint density at radius 2 is 2.05 bits per heavy atom. The van der Waals surface area contributed by atoms with Crippen LogP contribution in [0.15, 0.2) is 18.2 Å². The van der Waals surface area contributed by atoms with Crippen LogP contribution >= 0.6 is 0 Å². The molecule has 0 aliphatic rings. The van der Waals surface area contributed by atoms with E-state index in [-0.39, 0.29) is 18.4 Å². The number of aliphatic hydroxyl groups is 1. The first-order chi connectivity index (χ1) is 8.99. The summed E-state index contributed by atoms with van der Waals surface area (Å²) >= 11 is 0. The largest absolute Gasteiger partial charge is 0.396 e. The Morgan fingerprint density at radius 3 is 2.63 bits per heavy atom. The van der Waals surface area contributed by atoms with Crippen LogP contribution in [0.5, 0.6) is 0 Å². The summed E-state index contributed by atoms with van der Waals surface area (Å²) in [5.74, 6) is -0.223. The molecule has 0 saturated carbocycles. The van der Waals surface area contributed by atoms with Crippen molar-refractivity contribution in [2.45, 2.75) is 33.6 Å². The van der Waals surface area contributed by atoms with Gasteiger partial charge in [0.1, 0.15) is 0 Å². The number of aliphatic hydroxyl groups excluding tert-OH is 1. The SMILES string of the molecule is CCC(CO)C(=O)N(C)CCc1cc(C)ccc1C. The molecule has 0 aromatic heterocycles. The van der Waals surface area contributed by atoms with Crippen LogP contribution in [0.3, 0.4) is 0 Å². The first-order valence-electron chi connectivity index (χ1n) is 6.91. The second-order valence-corrected chi connectivity index (χ2v) is 5.23. The van der Waals surface area contributed by atoms with Crippen molar-refractivity contribution in [3.63, 3.8) is 0 Å². The first-order valence-corrected chi connectivity index (χ1v) is 6.91. The number of amides is 1. The van der Waals surface area contributed by atoms with Gasteiger partial charge in [-0.25, -0.2) is 0 Å². The van der Waals surface area contributed by atoms with Gasteiger partial charge in [0.25, 0.3) is 0 Å². The lowest BCUT2D eigenvalue weighted by Gasteiger charge is -2.22. The van der Waals surface area contributed by atoms with E-state index in [9.17, 15) is 4.79 Å². The Balaban J connectivity index is 2.61. The minimum absolute atomic E-state index is 0.0373. The fraction of sp³-hybridized carbons (Fsp3) is 0.562. The molecule has 1 unspecified atom stereocenters. The molecule has 1 aromatic rings. The van der Waals surface area contributed by atoms with Gasteiger partial charge in [-0.15, -0.1) is 0 Å². The Morgan fingerprint density at radius 1 is 1.37 bits per heavy atom. The Labute approximate surface area is 116 Å². The van der Waals surface area contributed by atoms with Gasteiger partial charge in [-0.05, 0) is 37.8 Å². The van der Waals surface area contributed by atoms with Crippen LogP contribution in [0.1, 0.15) is 30.0 Å². The van der Waals surface area contributed by atoms with Crippen LogP contribution < -0.4 is 0 Å². The molecule has 0 heterocycles. The van der Waals surface area contributed by atoms with E-state index in [0.717, 1.165) is 6.42 Å². The highest BCUT2D eigenvalue weighted by Gasteiger charge is 2.19. The van der Waals surface area contributed by atoms with Gasteiger partial charge in [-0.1, -0.05) is 30.7 Å². The molecule has 0 radical (unpaired) electrons. The second kappa shape index (κ2) is 7.29. The molecule has 3 heteroatoms. The van der Waals surface area contributed by atoms with Gasteiger partial charge >= 0.3 is 0 Å². The van der Waals surface area contributed by atoms with Crippen molar-refractivity contribution in [2.75, 3.05) is 20.2 Å². The van der Waals surface area contributed by atoms with E-state index < -0.39 is 0 Å². The fourth-order valence-electron chi connectivity index (χ4n) is 2.16. The molecule has 1 aromatic carbocycles. The van der Waals surface area contributed by atoms with Gasteiger partial charge in [0.05, 0.1) is 12.5 Å². The van der Waals surface area contributed by atoms with Gasteiger partial charge in [-0.3, -0.25) is 4.79 Å². The number of nitrogens with zero attached hydrogens (tertiary/aromatic N) is 1. The number of aryl methyl sites for hydroxylation is 2. The minimum Gasteiger partial charge on any atom is -0.396 e. The number of benzene rings is 1. The monoisotopic (exact) mass is 263 g/mol. The van der Waals surface area contributed by atoms with E-state index in [1.165, 1.54) is 16.7 Å². The smallest absolute Gasteiger partial charge is 0.227 e. The number of carbonyl (C=O) groups is 1. The maximum Gasteiger partial charge on any atom is 0.227 e. The highest BCUT2D eigenvalue weighted by atomic mass is 16.3. The summed E-state index contributed by atoms with van der Waals surface area (Å²) in [5.41, 5.74) is 3.80. The number of carbonyl (C=O) groups excluding carboxylic acids is 1. The van der Waals surface area contributed by atoms with E-state index >= 15 is 0 Å². The summed E-state index contributed by atoms with van der Waals surface area (Å²) in [6.07, 6.45) is 1.54. The zero-order valence-corrected chi connectivity index (χ0v) is 12.4. The highest BCUT2D eigenvalue weighted by molar-refractivity contribution is 5.78. The molecule has 106 valence electrons. The summed E-state index contributed by atoms with van der Waals surface area (Å²) < 4.78 is 0. The maximum absolute atomic E-state index is 12.0. The maximum atomic E-state index is 12.0. The van der Waals surface area contributed by atoms with Crippen molar-refractivity contribution in [1.29, 1.82) is 0 Å². The number of hydrogen-bond acceptors (Lipinski definition) is 2. The lowest BCUT2D eigenvalue weighted by Crippen LogP contribution is -2.35. The minimum atomic E-state index is -0.261. The molecule has 19 heavy (non-hydrogen) atoms. The first kappa shape index (κ1) is 15.7. The van der Waals surface area contributed by atoms with Crippen LogP contribution in [0.25, 0.3) is 0 Å². The van der Waals surface area contributed by atoms with E-state index in [4.69, 9.17) is 5.11 Å². The second-order valence-electron chi connectivity index (χ2n) is 5.23. The van der Waals surface area contributed by atoms with Gasteiger partial charge in [0.15, 0.2) is 0 Å². The number of rotatable bonds is 6. The van der Waals surface area contributed by atoms with Crippen LogP contribution in [-0.4, -0.2) is 36.1 Å². The Hall–Kier alpha value is -1.35. The van der Waals surface area contributed by atoms with E-state index in [2.05, 4.69) is 32.0 Å². The molecule has 0 aliphatic carbocycles. The van der Waals surface area contributed by atoms with Gasteiger partial charge in [0.2, 0.25) is 5.91 Å². The fourth-order valence-corrected chi connectivity index (χ4v) is 2.16. The number of hydrogen-bond donors (Lipinski definition) is 1. The van der Waals surface area contributed by atoms with Crippen LogP contribution in [-0.2, 0) is 11.2 Å². The standard InChI is InChI=1S/C16H25NO2/c1-5-14(11-18)16(19)17(4)9-8-15-10-12(2)6-7-13(15)3/h6-7,10,14,18H,5,8-9,11H2,1-4H3. The molecule has 0 spiro atoms. The van der Waals surface area contributed by atoms with Crippen LogP contribution in [0, 0.1) is 19.8 Å². The Bertz CT molecular complexity index is 425. The van der Waals surface area contributed by atoms with Crippen LogP contribution in [0.2, 0.25) is 0 Å². The zero-order chi connectivity index (χ0) is 14.4.